The van der Waals surface area contributed by atoms with Crippen LogP contribution in [0.3, 0.4) is 0 Å². The van der Waals surface area contributed by atoms with Gasteiger partial charge in [0.2, 0.25) is 0 Å². The molecular weight excluding hydrogens is 280 g/mol. The topological polar surface area (TPSA) is 55.8 Å². The van der Waals surface area contributed by atoms with E-state index in [9.17, 15) is 4.79 Å². The molecule has 0 saturated carbocycles. The van der Waals surface area contributed by atoms with E-state index in [0.717, 1.165) is 6.04 Å². The van der Waals surface area contributed by atoms with Crippen LogP contribution in [0.4, 0.5) is 0 Å². The fourth-order valence-corrected chi connectivity index (χ4v) is 15.3. The molecular formula is C11H28O4Si3. The van der Waals surface area contributed by atoms with Gasteiger partial charge in [-0.15, -0.1) is 0 Å². The Hall–Kier alpha value is 0.0406. The lowest BCUT2D eigenvalue weighted by Crippen LogP contribution is -2.51. The molecule has 0 radical (unpaired) electrons. The summed E-state index contributed by atoms with van der Waals surface area (Å²) in [5.74, 6) is -0.727. The highest BCUT2D eigenvalue weighted by atomic mass is 28.5. The van der Waals surface area contributed by atoms with Gasteiger partial charge in [0.15, 0.2) is 16.6 Å². The molecule has 4 nitrogen and oxygen atoms in total. The van der Waals surface area contributed by atoms with Crippen molar-refractivity contribution < 1.29 is 18.1 Å². The van der Waals surface area contributed by atoms with Crippen LogP contribution in [0.15, 0.2) is 0 Å². The third-order valence-electron chi connectivity index (χ3n) is 2.24. The second-order valence-electron chi connectivity index (χ2n) is 6.72. The van der Waals surface area contributed by atoms with Crippen LogP contribution in [-0.2, 0) is 13.0 Å². The summed E-state index contributed by atoms with van der Waals surface area (Å²) in [6.45, 7) is 15.0. The van der Waals surface area contributed by atoms with Gasteiger partial charge in [0, 0.05) is 6.42 Å². The molecule has 0 fully saturated rings. The van der Waals surface area contributed by atoms with Gasteiger partial charge >= 0.3 is 14.5 Å². The molecule has 7 heteroatoms. The van der Waals surface area contributed by atoms with Gasteiger partial charge in [-0.2, -0.15) is 0 Å². The summed E-state index contributed by atoms with van der Waals surface area (Å²) in [5.41, 5.74) is 0. The molecule has 0 amide bonds. The van der Waals surface area contributed by atoms with E-state index in [1.54, 1.807) is 0 Å². The summed E-state index contributed by atoms with van der Waals surface area (Å²) in [6.07, 6.45) is 0.933. The highest BCUT2D eigenvalue weighted by Gasteiger charge is 2.37. The third-order valence-corrected chi connectivity index (χ3v) is 12.4. The van der Waals surface area contributed by atoms with Crippen molar-refractivity contribution in [2.45, 2.75) is 64.7 Å². The van der Waals surface area contributed by atoms with Crippen molar-refractivity contribution in [3.8, 4) is 0 Å². The molecule has 0 rings (SSSR count). The molecule has 0 bridgehead atoms. The lowest BCUT2D eigenvalue weighted by atomic mass is 10.3. The summed E-state index contributed by atoms with van der Waals surface area (Å²) in [4.78, 5) is 10.5. The molecule has 0 heterocycles. The fourth-order valence-electron chi connectivity index (χ4n) is 2.14. The van der Waals surface area contributed by atoms with Crippen LogP contribution in [0, 0.1) is 0 Å². The number of aliphatic carboxylic acids is 1. The zero-order chi connectivity index (χ0) is 14.6. The van der Waals surface area contributed by atoms with E-state index in [1.165, 1.54) is 0 Å². The van der Waals surface area contributed by atoms with E-state index in [1.807, 2.05) is 0 Å². The van der Waals surface area contributed by atoms with Crippen LogP contribution >= 0.6 is 0 Å². The first-order valence-corrected chi connectivity index (χ1v) is 15.8. The molecule has 0 saturated heterocycles. The molecule has 0 aromatic rings. The second kappa shape index (κ2) is 6.47. The monoisotopic (exact) mass is 308 g/mol. The maximum Gasteiger partial charge on any atom is 0.311 e. The summed E-state index contributed by atoms with van der Waals surface area (Å²) in [6, 6.07) is 0.880. The first kappa shape index (κ1) is 18.0. The van der Waals surface area contributed by atoms with Crippen LogP contribution < -0.4 is 0 Å². The molecule has 0 aliphatic rings. The molecule has 0 aromatic carbocycles. The molecule has 108 valence electrons. The normalized spacial score (nSPS) is 13.7. The Kier molecular flexibility index (Phi) is 6.48. The number of carbonyl (C=O) groups is 1. The lowest BCUT2D eigenvalue weighted by Gasteiger charge is -2.37. The zero-order valence-corrected chi connectivity index (χ0v) is 15.8. The van der Waals surface area contributed by atoms with Gasteiger partial charge in [0.25, 0.3) is 0 Å². The Morgan fingerprint density at radius 1 is 1.00 bits per heavy atom. The van der Waals surface area contributed by atoms with E-state index in [2.05, 4.69) is 45.8 Å². The van der Waals surface area contributed by atoms with Gasteiger partial charge in [-0.25, -0.2) is 0 Å². The fraction of sp³-hybridized carbons (Fsp3) is 0.909. The molecule has 0 aromatic heterocycles. The maximum atomic E-state index is 10.5. The van der Waals surface area contributed by atoms with Crippen LogP contribution in [0.25, 0.3) is 0 Å². The van der Waals surface area contributed by atoms with E-state index < -0.39 is 31.2 Å². The quantitative estimate of drug-likeness (QED) is 0.696. The van der Waals surface area contributed by atoms with Gasteiger partial charge in [-0.3, -0.25) is 4.79 Å². The second-order valence-corrected chi connectivity index (χ2v) is 19.4. The van der Waals surface area contributed by atoms with Crippen LogP contribution in [0.2, 0.25) is 51.9 Å². The molecule has 0 aliphatic heterocycles. The Balaban J connectivity index is 4.32. The first-order valence-electron chi connectivity index (χ1n) is 6.45. The molecule has 0 atom stereocenters. The van der Waals surface area contributed by atoms with Crippen molar-refractivity contribution >= 4 is 31.2 Å². The van der Waals surface area contributed by atoms with Crippen LogP contribution in [0.1, 0.15) is 12.8 Å². The summed E-state index contributed by atoms with van der Waals surface area (Å²) < 4.78 is 12.4. The van der Waals surface area contributed by atoms with E-state index in [0.29, 0.717) is 6.42 Å². The Morgan fingerprint density at radius 3 is 1.89 bits per heavy atom. The minimum Gasteiger partial charge on any atom is -0.481 e. The van der Waals surface area contributed by atoms with E-state index in [4.69, 9.17) is 13.3 Å². The van der Waals surface area contributed by atoms with Gasteiger partial charge < -0.3 is 13.3 Å². The number of rotatable bonds is 8. The van der Waals surface area contributed by atoms with Gasteiger partial charge in [-0.1, -0.05) is 0 Å². The van der Waals surface area contributed by atoms with E-state index in [-0.39, 0.29) is 6.42 Å². The molecule has 0 aliphatic carbocycles. The minimum absolute atomic E-state index is 0.233. The standard InChI is InChI=1S/C11H28O4Si3/c1-16(2,3)14-18(6,7)15-17(4,5)10-8-9-11(12)13/h8-10H2,1-7H3,(H,12,13). The molecule has 18 heavy (non-hydrogen) atoms. The SMILES string of the molecule is C[Si](C)(C)O[Si](C)(C)O[Si](C)(C)CCCC(=O)O. The molecule has 0 unspecified atom stereocenters. The van der Waals surface area contributed by atoms with Crippen molar-refractivity contribution in [1.29, 1.82) is 0 Å². The van der Waals surface area contributed by atoms with Gasteiger partial charge in [-0.05, 0) is 58.3 Å². The van der Waals surface area contributed by atoms with E-state index >= 15 is 0 Å². The van der Waals surface area contributed by atoms with Crippen LogP contribution in [0.5, 0.6) is 0 Å². The average Bonchev–Trinajstić information content (AvgIpc) is 1.93. The maximum absolute atomic E-state index is 10.5. The summed E-state index contributed by atoms with van der Waals surface area (Å²) in [5, 5.41) is 8.66. The molecule has 1 N–H and O–H groups in total. The zero-order valence-electron chi connectivity index (χ0n) is 12.8. The highest BCUT2D eigenvalue weighted by molar-refractivity contribution is 6.87. The predicted octanol–water partition coefficient (Wildman–Crippen LogP) is 3.63. The van der Waals surface area contributed by atoms with Crippen molar-refractivity contribution in [1.82, 2.24) is 0 Å². The van der Waals surface area contributed by atoms with Gasteiger partial charge in [0.1, 0.15) is 0 Å². The van der Waals surface area contributed by atoms with Crippen molar-refractivity contribution in [2.24, 2.45) is 0 Å². The third kappa shape index (κ3) is 10.0. The highest BCUT2D eigenvalue weighted by Crippen LogP contribution is 2.24. The minimum atomic E-state index is -2.08. The van der Waals surface area contributed by atoms with Crippen molar-refractivity contribution in [3.63, 3.8) is 0 Å². The van der Waals surface area contributed by atoms with Gasteiger partial charge in [0.05, 0.1) is 0 Å². The Labute approximate surface area is 114 Å². The summed E-state index contributed by atoms with van der Waals surface area (Å²) in [7, 11) is -5.46. The Bertz CT molecular complexity index is 285. The summed E-state index contributed by atoms with van der Waals surface area (Å²) >= 11 is 0. The smallest absolute Gasteiger partial charge is 0.311 e. The average molecular weight is 309 g/mol. The Morgan fingerprint density at radius 2 is 1.50 bits per heavy atom. The number of carboxylic acid groups (broad SMARTS) is 1. The first-order chi connectivity index (χ1) is 7.83. The number of hydrogen-bond donors (Lipinski definition) is 1. The number of carboxylic acids is 1. The van der Waals surface area contributed by atoms with Crippen LogP contribution in [-0.4, -0.2) is 36.3 Å². The van der Waals surface area contributed by atoms with Crippen molar-refractivity contribution in [2.75, 3.05) is 0 Å². The number of hydrogen-bond acceptors (Lipinski definition) is 3. The lowest BCUT2D eigenvalue weighted by molar-refractivity contribution is -0.137. The largest absolute Gasteiger partial charge is 0.481 e. The predicted molar refractivity (Wildman–Crippen MR) is 82.2 cm³/mol. The molecule has 0 spiro atoms. The van der Waals surface area contributed by atoms with Crippen molar-refractivity contribution in [3.05, 3.63) is 0 Å².